The number of aromatic hydroxyl groups is 1. The van der Waals surface area contributed by atoms with Gasteiger partial charge in [0.2, 0.25) is 5.91 Å². The highest BCUT2D eigenvalue weighted by atomic mass is 35.5. The second-order valence-corrected chi connectivity index (χ2v) is 34.8. The SMILES string of the molecule is CCOC(=O)Cc1cn2c(-c3cc(O)c(Cl)cc3Cl)cccc2n1.CCOC(=O)Cc1cn2c(-c3cc(OCCOC4CCCCO4)c(Cl)cc3Cl)cccc2n1.Clc1ccc2[nH]c(Cc3cn4c(-c5cc(OCCOC6CCCCO6)c(Cl)cc5Cl)cccc4n3)nc2n1.Nc1nc(Cl)ccc1NC(=O)Cc1cn2c(-c3cc(OCCOC4CCCCO4)c(Cl)cc3Cl)cccc2n1. The monoisotopic (exact) mass is 2020 g/mol. The minimum atomic E-state index is -0.329. The molecular formula is C95H90Cl10N14O15. The summed E-state index contributed by atoms with van der Waals surface area (Å²) in [6, 6.07) is 42.8. The van der Waals surface area contributed by atoms with Gasteiger partial charge in [-0.3, -0.25) is 32.0 Å². The molecule has 3 aliphatic rings. The number of carbonyl (C=O) groups is 3. The number of fused-ring (bicyclic) bond motifs is 5. The predicted octanol–water partition coefficient (Wildman–Crippen LogP) is 22.2. The van der Waals surface area contributed by atoms with Gasteiger partial charge in [-0.05, 0) is 193 Å². The van der Waals surface area contributed by atoms with Gasteiger partial charge in [0.1, 0.15) is 87.4 Å². The molecule has 18 rings (SSSR count). The molecule has 0 bridgehead atoms. The first-order chi connectivity index (χ1) is 64.9. The number of nitrogens with one attached hydrogen (secondary N) is 2. The molecule has 11 aromatic heterocycles. The van der Waals surface area contributed by atoms with Gasteiger partial charge in [-0.2, -0.15) is 0 Å². The third-order valence-corrected chi connectivity index (χ3v) is 24.1. The Morgan fingerprint density at radius 1 is 0.425 bits per heavy atom. The number of rotatable bonds is 30. The van der Waals surface area contributed by atoms with Crippen molar-refractivity contribution < 1.29 is 71.6 Å². The largest absolute Gasteiger partial charge is 0.506 e. The molecule has 15 aromatic rings. The van der Waals surface area contributed by atoms with Gasteiger partial charge in [0.05, 0.1) is 149 Å². The summed E-state index contributed by atoms with van der Waals surface area (Å²) in [5.74, 6) is 1.41. The van der Waals surface area contributed by atoms with Crippen LogP contribution in [0.1, 0.15) is 100 Å². The van der Waals surface area contributed by atoms with E-state index in [0.29, 0.717) is 173 Å². The predicted molar refractivity (Wildman–Crippen MR) is 518 cm³/mol. The molecule has 700 valence electrons. The Kier molecular flexibility index (Phi) is 34.2. The molecule has 0 saturated carbocycles. The molecule has 3 atom stereocenters. The Bertz CT molecular complexity index is 6680. The molecule has 29 nitrogen and oxygen atoms in total. The fourth-order valence-corrected chi connectivity index (χ4v) is 17.4. The third kappa shape index (κ3) is 25.6. The van der Waals surface area contributed by atoms with Crippen molar-refractivity contribution in [2.24, 2.45) is 0 Å². The number of nitrogens with two attached hydrogens (primary N) is 1. The van der Waals surface area contributed by atoms with Gasteiger partial charge in [0, 0.05) is 73.3 Å². The fraction of sp³-hybridized carbons (Fsp3) is 0.305. The summed E-state index contributed by atoms with van der Waals surface area (Å²) >= 11 is 63.0. The maximum Gasteiger partial charge on any atom is 0.311 e. The summed E-state index contributed by atoms with van der Waals surface area (Å²) < 4.78 is 69.3. The number of anilines is 2. The third-order valence-electron chi connectivity index (χ3n) is 21.2. The molecule has 39 heteroatoms. The highest BCUT2D eigenvalue weighted by Crippen LogP contribution is 2.43. The molecular weight excluding hydrogens is 1930 g/mol. The standard InChI is InChI=1S/C27H26Cl3N5O4.C27H24Cl3N5O3.C24H26Cl2N2O5.C17H14Cl2N2O3/c28-18-14-19(29)22(37-10-11-39-26-6-1-2-9-38-26)13-17(18)21-4-3-5-24-32-16(15-35(21)24)12-25(36)33-20-7-8-23(30)34-27(20)31;28-18-14-19(29)22(36-10-11-38-26-6-1-2-9-37-26)13-17(18)21-4-3-5-25-31-16(15-35(21)25)12-24-32-20-7-8-23(30)33-27(20)34-24;1-2-30-23(29)12-16-15-28-20(6-5-7-22(28)27-16)17-13-21(19(26)14-18(17)25)31-10-11-33-24-8-3-4-9-32-24;1-2-24-17(23)6-10-9-21-14(4-3-5-16(21)20-10)11-7-15(22)13(19)8-12(11)18/h3-5,7-8,13-15,26H,1-2,6,9-12H2,(H2,31,34)(H,33,36);3-5,7-8,13-15,26H,1-2,6,9-12H2,(H,32,33,34);5-7,13-15,24H,2-4,8-12H2,1H3;3-5,7-9,22H,2,6H2,1H3. The second kappa shape index (κ2) is 46.8. The van der Waals surface area contributed by atoms with Gasteiger partial charge in [0.15, 0.2) is 24.5 Å². The summed E-state index contributed by atoms with van der Waals surface area (Å²) in [5, 5.41) is 16.5. The Balaban J connectivity index is 0.000000138. The number of halogens is 10. The van der Waals surface area contributed by atoms with Crippen molar-refractivity contribution in [3.05, 3.63) is 249 Å². The van der Waals surface area contributed by atoms with Crippen LogP contribution in [0.15, 0.2) is 170 Å². The summed E-state index contributed by atoms with van der Waals surface area (Å²) in [5.41, 5.74) is 19.0. The Morgan fingerprint density at radius 3 is 1.19 bits per heavy atom. The molecule has 0 radical (unpaired) electrons. The van der Waals surface area contributed by atoms with Crippen molar-refractivity contribution >= 4 is 179 Å². The van der Waals surface area contributed by atoms with Crippen molar-refractivity contribution in [3.63, 3.8) is 0 Å². The summed E-state index contributed by atoms with van der Waals surface area (Å²) in [4.78, 5) is 70.5. The minimum absolute atomic E-state index is 0.0244. The van der Waals surface area contributed by atoms with E-state index >= 15 is 0 Å². The number of ether oxygens (including phenoxy) is 11. The van der Waals surface area contributed by atoms with E-state index in [4.69, 9.17) is 179 Å². The second-order valence-electron chi connectivity index (χ2n) is 30.7. The van der Waals surface area contributed by atoms with Crippen LogP contribution in [0, 0.1) is 0 Å². The number of phenolic OH excluding ortho intramolecular Hbond substituents is 1. The number of aromatic nitrogens is 12. The van der Waals surface area contributed by atoms with Crippen molar-refractivity contribution in [1.29, 1.82) is 0 Å². The zero-order valence-electron chi connectivity index (χ0n) is 72.3. The molecule has 3 fully saturated rings. The number of imidazole rings is 5. The Labute approximate surface area is 819 Å². The number of carbonyl (C=O) groups excluding carboxylic acids is 3. The average molecular weight is 2020 g/mol. The lowest BCUT2D eigenvalue weighted by Crippen LogP contribution is -2.24. The molecule has 14 heterocycles. The van der Waals surface area contributed by atoms with Gasteiger partial charge in [-0.25, -0.2) is 34.9 Å². The summed E-state index contributed by atoms with van der Waals surface area (Å²) in [7, 11) is 0. The lowest BCUT2D eigenvalue weighted by Gasteiger charge is -2.22. The van der Waals surface area contributed by atoms with Crippen LogP contribution in [0.5, 0.6) is 23.0 Å². The maximum atomic E-state index is 12.7. The lowest BCUT2D eigenvalue weighted by atomic mass is 10.1. The highest BCUT2D eigenvalue weighted by molar-refractivity contribution is 6.39. The Hall–Kier alpha value is -10.5. The zero-order chi connectivity index (χ0) is 93.9. The summed E-state index contributed by atoms with van der Waals surface area (Å²) in [6.45, 7) is 8.56. The zero-order valence-corrected chi connectivity index (χ0v) is 79.9. The number of benzene rings is 4. The average Bonchev–Trinajstić information content (AvgIpc) is 1.70. The van der Waals surface area contributed by atoms with Gasteiger partial charge >= 0.3 is 11.9 Å². The van der Waals surface area contributed by atoms with Crippen molar-refractivity contribution in [3.8, 4) is 68.0 Å². The summed E-state index contributed by atoms with van der Waals surface area (Å²) in [6.07, 6.45) is 16.8. The van der Waals surface area contributed by atoms with Crippen LogP contribution in [0.3, 0.4) is 0 Å². The molecule has 3 unspecified atom stereocenters. The maximum absolute atomic E-state index is 12.7. The number of esters is 2. The Morgan fingerprint density at radius 2 is 0.799 bits per heavy atom. The highest BCUT2D eigenvalue weighted by Gasteiger charge is 2.25. The van der Waals surface area contributed by atoms with Gasteiger partial charge in [-0.15, -0.1) is 0 Å². The van der Waals surface area contributed by atoms with E-state index in [1.807, 2.05) is 121 Å². The fourth-order valence-electron chi connectivity index (χ4n) is 15.0. The van der Waals surface area contributed by atoms with Crippen LogP contribution in [0.2, 0.25) is 50.5 Å². The molecule has 4 aromatic carbocycles. The molecule has 3 aliphatic heterocycles. The van der Waals surface area contributed by atoms with Crippen LogP contribution in [0.25, 0.3) is 78.8 Å². The number of aromatic amines is 1. The number of hydrogen-bond donors (Lipinski definition) is 4. The van der Waals surface area contributed by atoms with E-state index in [1.165, 1.54) is 12.1 Å². The first-order valence-corrected chi connectivity index (χ1v) is 46.9. The van der Waals surface area contributed by atoms with Gasteiger partial charge < -0.3 is 73.2 Å². The molecule has 0 aliphatic carbocycles. The van der Waals surface area contributed by atoms with E-state index in [-0.39, 0.29) is 77.7 Å². The van der Waals surface area contributed by atoms with Crippen molar-refractivity contribution in [2.75, 3.05) is 83.7 Å². The van der Waals surface area contributed by atoms with Gasteiger partial charge in [0.25, 0.3) is 0 Å². The molecule has 134 heavy (non-hydrogen) atoms. The van der Waals surface area contributed by atoms with E-state index in [1.54, 1.807) is 68.7 Å². The van der Waals surface area contributed by atoms with E-state index in [0.717, 1.165) is 134 Å². The number of nitrogen functional groups attached to an aromatic ring is 1. The van der Waals surface area contributed by atoms with Crippen LogP contribution >= 0.6 is 116 Å². The van der Waals surface area contributed by atoms with Crippen molar-refractivity contribution in [2.45, 2.75) is 116 Å². The quantitative estimate of drug-likeness (QED) is 0.0185. The molecule has 0 spiro atoms. The molecule has 1 amide bonds. The molecule has 3 saturated heterocycles. The van der Waals surface area contributed by atoms with E-state index < -0.39 is 0 Å². The number of nitrogens with zero attached hydrogens (tertiary/aromatic N) is 11. The normalized spacial score (nSPS) is 14.9. The minimum Gasteiger partial charge on any atom is -0.506 e. The van der Waals surface area contributed by atoms with Crippen LogP contribution in [-0.2, 0) is 78.0 Å². The number of pyridine rings is 6. The first-order valence-electron chi connectivity index (χ1n) is 43.1. The first kappa shape index (κ1) is 98.0. The molecule has 5 N–H and O–H groups in total. The topological polar surface area (TPSA) is 335 Å². The number of hydrogen-bond acceptors (Lipinski definition) is 23. The number of amides is 1. The van der Waals surface area contributed by atoms with Crippen LogP contribution < -0.4 is 25.3 Å². The van der Waals surface area contributed by atoms with E-state index in [9.17, 15) is 19.5 Å². The lowest BCUT2D eigenvalue weighted by molar-refractivity contribution is -0.165. The number of H-pyrrole nitrogens is 1. The smallest absolute Gasteiger partial charge is 0.311 e. The number of phenols is 1. The van der Waals surface area contributed by atoms with Crippen LogP contribution in [-0.4, -0.2) is 172 Å². The van der Waals surface area contributed by atoms with Crippen LogP contribution in [0.4, 0.5) is 11.5 Å². The van der Waals surface area contributed by atoms with Gasteiger partial charge in [-0.1, -0.05) is 140 Å². The van der Waals surface area contributed by atoms with E-state index in [2.05, 4.69) is 40.2 Å². The van der Waals surface area contributed by atoms with Crippen molar-refractivity contribution in [1.82, 2.24) is 57.5 Å².